The zero-order chi connectivity index (χ0) is 19.2. The summed E-state index contributed by atoms with van der Waals surface area (Å²) in [7, 11) is 0. The summed E-state index contributed by atoms with van der Waals surface area (Å²) in [6.07, 6.45) is -2.47. The van der Waals surface area contributed by atoms with Gasteiger partial charge in [-0.25, -0.2) is 14.9 Å². The Morgan fingerprint density at radius 1 is 1.26 bits per heavy atom. The Morgan fingerprint density at radius 2 is 2.04 bits per heavy atom. The number of amides is 2. The highest BCUT2D eigenvalue weighted by atomic mass is 19.4. The van der Waals surface area contributed by atoms with Crippen LogP contribution in [0.1, 0.15) is 41.3 Å². The predicted molar refractivity (Wildman–Crippen MR) is 89.2 cm³/mol. The largest absolute Gasteiger partial charge is 0.416 e. The molecule has 0 aromatic carbocycles. The molecule has 0 spiro atoms. The van der Waals surface area contributed by atoms with Gasteiger partial charge in [0.25, 0.3) is 5.56 Å². The molecule has 1 aliphatic heterocycles. The van der Waals surface area contributed by atoms with Crippen molar-refractivity contribution in [3.8, 4) is 0 Å². The van der Waals surface area contributed by atoms with Crippen molar-refractivity contribution >= 4 is 11.8 Å². The lowest BCUT2D eigenvalue weighted by atomic mass is 10.1. The number of aromatic nitrogens is 3. The van der Waals surface area contributed by atoms with E-state index in [1.807, 2.05) is 0 Å². The summed E-state index contributed by atoms with van der Waals surface area (Å²) in [5.41, 5.74) is 0.474. The maximum atomic E-state index is 13.1. The molecule has 1 aliphatic carbocycles. The number of hydrogen-bond acceptors (Lipinski definition) is 4. The van der Waals surface area contributed by atoms with E-state index in [0.717, 1.165) is 25.0 Å². The third-order valence-corrected chi connectivity index (χ3v) is 4.65. The quantitative estimate of drug-likeness (QED) is 0.839. The van der Waals surface area contributed by atoms with Gasteiger partial charge in [0, 0.05) is 42.8 Å². The highest BCUT2D eigenvalue weighted by Gasteiger charge is 2.34. The fourth-order valence-electron chi connectivity index (χ4n) is 3.08. The number of urea groups is 1. The first-order chi connectivity index (χ1) is 12.8. The molecule has 10 heteroatoms. The zero-order valence-electron chi connectivity index (χ0n) is 14.1. The van der Waals surface area contributed by atoms with Crippen LogP contribution in [0.2, 0.25) is 0 Å². The summed E-state index contributed by atoms with van der Waals surface area (Å²) in [6, 6.07) is 2.70. The fourth-order valence-corrected chi connectivity index (χ4v) is 3.08. The molecule has 2 aromatic heterocycles. The van der Waals surface area contributed by atoms with E-state index in [-0.39, 0.29) is 23.8 Å². The third kappa shape index (κ3) is 3.79. The van der Waals surface area contributed by atoms with Gasteiger partial charge in [0.15, 0.2) is 0 Å². The average Bonchev–Trinajstić information content (AvgIpc) is 3.45. The number of carbonyl (C=O) groups is 1. The van der Waals surface area contributed by atoms with Gasteiger partial charge in [-0.05, 0) is 25.0 Å². The Morgan fingerprint density at radius 3 is 2.74 bits per heavy atom. The number of nitrogens with zero attached hydrogens (tertiary/aromatic N) is 3. The van der Waals surface area contributed by atoms with Crippen LogP contribution in [-0.2, 0) is 19.1 Å². The van der Waals surface area contributed by atoms with E-state index in [1.165, 1.54) is 11.0 Å². The predicted octanol–water partition coefficient (Wildman–Crippen LogP) is 2.65. The molecular weight excluding hydrogens is 363 g/mol. The van der Waals surface area contributed by atoms with Crippen molar-refractivity contribution in [1.29, 1.82) is 0 Å². The van der Waals surface area contributed by atoms with Crippen LogP contribution in [-0.4, -0.2) is 32.7 Å². The van der Waals surface area contributed by atoms with Gasteiger partial charge >= 0.3 is 12.2 Å². The highest BCUT2D eigenvalue weighted by Crippen LogP contribution is 2.41. The molecule has 2 amide bonds. The van der Waals surface area contributed by atoms with Crippen LogP contribution in [0.4, 0.5) is 23.8 Å². The third-order valence-electron chi connectivity index (χ3n) is 4.65. The SMILES string of the molecule is O=C(Nc1cc(C(F)(F)F)cc(C2CC2)n1)N1CCc2n[nH]c(=O)cc2C1. The van der Waals surface area contributed by atoms with Crippen molar-refractivity contribution in [2.45, 2.75) is 37.9 Å². The molecule has 1 fully saturated rings. The summed E-state index contributed by atoms with van der Waals surface area (Å²) in [5.74, 6) is -0.103. The number of aromatic amines is 1. The number of halogens is 3. The number of H-pyrrole nitrogens is 1. The van der Waals surface area contributed by atoms with Gasteiger partial charge in [0.2, 0.25) is 0 Å². The minimum absolute atomic E-state index is 0.0163. The standard InChI is InChI=1S/C17H16F3N5O2/c18-17(19,20)11-6-13(9-1-2-9)21-14(7-11)22-16(27)25-4-3-12-10(8-25)5-15(26)24-23-12/h5-7,9H,1-4,8H2,(H,24,26)(H,21,22,27). The molecule has 0 radical (unpaired) electrons. The van der Waals surface area contributed by atoms with Crippen molar-refractivity contribution in [3.63, 3.8) is 0 Å². The molecule has 1 saturated carbocycles. The molecule has 0 unspecified atom stereocenters. The molecule has 2 aromatic rings. The van der Waals surface area contributed by atoms with Crippen LogP contribution in [0, 0.1) is 0 Å². The number of hydrogen-bond donors (Lipinski definition) is 2. The van der Waals surface area contributed by atoms with Crippen LogP contribution in [0.3, 0.4) is 0 Å². The summed E-state index contributed by atoms with van der Waals surface area (Å²) in [6.45, 7) is 0.499. The molecule has 2 N–H and O–H groups in total. The Balaban J connectivity index is 1.54. The first kappa shape index (κ1) is 17.5. The number of pyridine rings is 1. The average molecular weight is 379 g/mol. The van der Waals surface area contributed by atoms with E-state index in [2.05, 4.69) is 20.5 Å². The Kier molecular flexibility index (Phi) is 4.12. The molecule has 0 saturated heterocycles. The summed E-state index contributed by atoms with van der Waals surface area (Å²) in [4.78, 5) is 29.5. The smallest absolute Gasteiger partial charge is 0.320 e. The number of carbonyl (C=O) groups excluding carboxylic acids is 1. The van der Waals surface area contributed by atoms with Gasteiger partial charge in [0.1, 0.15) is 5.82 Å². The van der Waals surface area contributed by atoms with Crippen molar-refractivity contribution in [1.82, 2.24) is 20.1 Å². The zero-order valence-corrected chi connectivity index (χ0v) is 14.1. The Bertz CT molecular complexity index is 952. The second-order valence-corrected chi connectivity index (χ2v) is 6.74. The van der Waals surface area contributed by atoms with Gasteiger partial charge in [-0.2, -0.15) is 18.3 Å². The van der Waals surface area contributed by atoms with Crippen molar-refractivity contribution in [3.05, 3.63) is 51.1 Å². The molecular formula is C17H16F3N5O2. The monoisotopic (exact) mass is 379 g/mol. The molecule has 142 valence electrons. The number of alkyl halides is 3. The molecule has 0 bridgehead atoms. The first-order valence-electron chi connectivity index (χ1n) is 8.52. The van der Waals surface area contributed by atoms with E-state index < -0.39 is 17.8 Å². The van der Waals surface area contributed by atoms with Crippen LogP contribution >= 0.6 is 0 Å². The van der Waals surface area contributed by atoms with Gasteiger partial charge < -0.3 is 4.90 Å². The van der Waals surface area contributed by atoms with E-state index in [1.54, 1.807) is 0 Å². The van der Waals surface area contributed by atoms with Crippen LogP contribution in [0.25, 0.3) is 0 Å². The summed E-state index contributed by atoms with van der Waals surface area (Å²) in [5, 5.41) is 8.75. The Hall–Kier alpha value is -2.91. The number of nitrogens with one attached hydrogen (secondary N) is 2. The number of rotatable bonds is 2. The van der Waals surface area contributed by atoms with Crippen molar-refractivity contribution in [2.75, 3.05) is 11.9 Å². The van der Waals surface area contributed by atoms with Gasteiger partial charge in [-0.1, -0.05) is 0 Å². The lowest BCUT2D eigenvalue weighted by Crippen LogP contribution is -2.40. The van der Waals surface area contributed by atoms with Crippen LogP contribution in [0.5, 0.6) is 0 Å². The van der Waals surface area contributed by atoms with E-state index in [4.69, 9.17) is 0 Å². The lowest BCUT2D eigenvalue weighted by Gasteiger charge is -2.27. The minimum atomic E-state index is -4.51. The maximum absolute atomic E-state index is 13.1. The van der Waals surface area contributed by atoms with E-state index in [9.17, 15) is 22.8 Å². The fraction of sp³-hybridized carbons (Fsp3) is 0.412. The second-order valence-electron chi connectivity index (χ2n) is 6.74. The molecule has 27 heavy (non-hydrogen) atoms. The molecule has 2 aliphatic rings. The normalized spacial score (nSPS) is 16.8. The van der Waals surface area contributed by atoms with Crippen LogP contribution in [0.15, 0.2) is 23.0 Å². The van der Waals surface area contributed by atoms with Crippen LogP contribution < -0.4 is 10.9 Å². The number of fused-ring (bicyclic) bond motifs is 1. The van der Waals surface area contributed by atoms with Crippen molar-refractivity contribution < 1.29 is 18.0 Å². The number of anilines is 1. The van der Waals surface area contributed by atoms with E-state index >= 15 is 0 Å². The maximum Gasteiger partial charge on any atom is 0.416 e. The van der Waals surface area contributed by atoms with Gasteiger partial charge in [0.05, 0.1) is 11.3 Å². The summed E-state index contributed by atoms with van der Waals surface area (Å²) >= 11 is 0. The Labute approximate surface area is 151 Å². The van der Waals surface area contributed by atoms with Gasteiger partial charge in [-0.3, -0.25) is 10.1 Å². The molecule has 7 nitrogen and oxygen atoms in total. The molecule has 4 rings (SSSR count). The molecule has 0 atom stereocenters. The first-order valence-corrected chi connectivity index (χ1v) is 8.52. The highest BCUT2D eigenvalue weighted by molar-refractivity contribution is 5.88. The minimum Gasteiger partial charge on any atom is -0.320 e. The lowest BCUT2D eigenvalue weighted by molar-refractivity contribution is -0.137. The topological polar surface area (TPSA) is 91.0 Å². The summed E-state index contributed by atoms with van der Waals surface area (Å²) < 4.78 is 39.4. The van der Waals surface area contributed by atoms with Gasteiger partial charge in [-0.15, -0.1) is 0 Å². The molecule has 3 heterocycles. The van der Waals surface area contributed by atoms with Crippen molar-refractivity contribution in [2.24, 2.45) is 0 Å². The van der Waals surface area contributed by atoms with E-state index in [0.29, 0.717) is 29.9 Å². The second kappa shape index (κ2) is 6.36.